The Morgan fingerprint density at radius 1 is 1.25 bits per heavy atom. The van der Waals surface area contributed by atoms with Gasteiger partial charge in [-0.25, -0.2) is 4.99 Å². The van der Waals surface area contributed by atoms with Crippen molar-refractivity contribution < 1.29 is 4.84 Å². The minimum atomic E-state index is -0.103. The zero-order valence-electron chi connectivity index (χ0n) is 11.5. The lowest BCUT2D eigenvalue weighted by molar-refractivity contribution is 0.174. The molecule has 1 atom stereocenters. The van der Waals surface area contributed by atoms with Crippen LogP contribution >= 0.6 is 11.6 Å². The van der Waals surface area contributed by atoms with E-state index >= 15 is 0 Å². The minimum absolute atomic E-state index is 0.103. The number of nitrogens with one attached hydrogen (secondary N) is 1. The summed E-state index contributed by atoms with van der Waals surface area (Å²) in [5, 5.41) is 0.738. The van der Waals surface area contributed by atoms with Crippen LogP contribution < -0.4 is 5.48 Å². The summed E-state index contributed by atoms with van der Waals surface area (Å²) in [4.78, 5) is 12.6. The highest BCUT2D eigenvalue weighted by Crippen LogP contribution is 2.22. The molecular formula is C15H20ClN3O. The van der Waals surface area contributed by atoms with Crippen molar-refractivity contribution >= 4 is 17.5 Å². The lowest BCUT2D eigenvalue weighted by Crippen LogP contribution is -2.21. The highest BCUT2D eigenvalue weighted by molar-refractivity contribution is 6.30. The molecule has 0 saturated carbocycles. The maximum Gasteiger partial charge on any atom is 0.211 e. The van der Waals surface area contributed by atoms with Gasteiger partial charge < -0.3 is 9.74 Å². The van der Waals surface area contributed by atoms with E-state index in [0.29, 0.717) is 0 Å². The van der Waals surface area contributed by atoms with Crippen molar-refractivity contribution in [2.24, 2.45) is 4.99 Å². The van der Waals surface area contributed by atoms with Crippen LogP contribution in [0.1, 0.15) is 37.4 Å². The summed E-state index contributed by atoms with van der Waals surface area (Å²) >= 11 is 5.89. The number of nitrogens with zero attached hydrogens (tertiary/aromatic N) is 2. The van der Waals surface area contributed by atoms with Crippen molar-refractivity contribution in [1.82, 2.24) is 10.4 Å². The van der Waals surface area contributed by atoms with Gasteiger partial charge in [-0.1, -0.05) is 23.7 Å². The van der Waals surface area contributed by atoms with E-state index in [9.17, 15) is 0 Å². The smallest absolute Gasteiger partial charge is 0.211 e. The van der Waals surface area contributed by atoms with Gasteiger partial charge in [0, 0.05) is 11.4 Å². The monoisotopic (exact) mass is 293 g/mol. The Morgan fingerprint density at radius 2 is 2.00 bits per heavy atom. The van der Waals surface area contributed by atoms with Gasteiger partial charge in [0.1, 0.15) is 0 Å². The molecule has 2 aliphatic rings. The van der Waals surface area contributed by atoms with Crippen molar-refractivity contribution in [3.05, 3.63) is 34.9 Å². The molecule has 20 heavy (non-hydrogen) atoms. The van der Waals surface area contributed by atoms with Crippen LogP contribution in [0.5, 0.6) is 0 Å². The second-order valence-electron chi connectivity index (χ2n) is 5.35. The van der Waals surface area contributed by atoms with Gasteiger partial charge >= 0.3 is 0 Å². The van der Waals surface area contributed by atoms with Crippen LogP contribution in [0.2, 0.25) is 5.02 Å². The van der Waals surface area contributed by atoms with Crippen molar-refractivity contribution in [2.45, 2.75) is 31.8 Å². The number of hydrogen-bond donors (Lipinski definition) is 1. The molecule has 2 heterocycles. The second-order valence-corrected chi connectivity index (χ2v) is 5.79. The number of hydroxylamine groups is 1. The molecule has 0 radical (unpaired) electrons. The average molecular weight is 294 g/mol. The molecule has 1 aromatic carbocycles. The normalized spacial score (nSPS) is 22.9. The Morgan fingerprint density at radius 3 is 2.75 bits per heavy atom. The van der Waals surface area contributed by atoms with Gasteiger partial charge in [0.2, 0.25) is 5.90 Å². The molecule has 1 fully saturated rings. The Balaban J connectivity index is 1.48. The Bertz CT molecular complexity index is 469. The van der Waals surface area contributed by atoms with Crippen LogP contribution in [0.3, 0.4) is 0 Å². The summed E-state index contributed by atoms with van der Waals surface area (Å²) < 4.78 is 0. The third-order valence-corrected chi connectivity index (χ3v) is 4.06. The standard InChI is InChI=1S/C15H20ClN3O/c16-13-7-5-12(6-8-13)15-17-14(20-18-15)4-3-11-19-9-1-2-10-19/h5-8,15,18H,1-4,9-11H2. The zero-order valence-corrected chi connectivity index (χ0v) is 12.3. The summed E-state index contributed by atoms with van der Waals surface area (Å²) in [7, 11) is 0. The van der Waals surface area contributed by atoms with E-state index in [1.54, 1.807) is 0 Å². The third kappa shape index (κ3) is 3.51. The fraction of sp³-hybridized carbons (Fsp3) is 0.533. The van der Waals surface area contributed by atoms with E-state index in [-0.39, 0.29) is 6.17 Å². The molecule has 1 N–H and O–H groups in total. The van der Waals surface area contributed by atoms with Crippen LogP contribution in [-0.4, -0.2) is 30.4 Å². The van der Waals surface area contributed by atoms with Crippen LogP contribution in [0.4, 0.5) is 0 Å². The van der Waals surface area contributed by atoms with Crippen LogP contribution in [0.25, 0.3) is 0 Å². The van der Waals surface area contributed by atoms with Crippen LogP contribution in [-0.2, 0) is 4.84 Å². The average Bonchev–Trinajstić information content (AvgIpc) is 3.11. The number of benzene rings is 1. The van der Waals surface area contributed by atoms with E-state index in [2.05, 4.69) is 15.4 Å². The molecule has 1 saturated heterocycles. The van der Waals surface area contributed by atoms with Gasteiger partial charge in [0.05, 0.1) is 0 Å². The van der Waals surface area contributed by atoms with Gasteiger partial charge in [-0.15, -0.1) is 5.48 Å². The molecule has 1 aromatic rings. The predicted octanol–water partition coefficient (Wildman–Crippen LogP) is 3.15. The second kappa shape index (κ2) is 6.57. The first-order chi connectivity index (χ1) is 9.81. The number of hydrogen-bond acceptors (Lipinski definition) is 4. The lowest BCUT2D eigenvalue weighted by atomic mass is 10.2. The maximum atomic E-state index is 5.89. The first-order valence-electron chi connectivity index (χ1n) is 7.28. The van der Waals surface area contributed by atoms with Gasteiger partial charge in [-0.3, -0.25) is 0 Å². The van der Waals surface area contributed by atoms with Crippen molar-refractivity contribution in [3.8, 4) is 0 Å². The quantitative estimate of drug-likeness (QED) is 0.906. The Hall–Kier alpha value is -1.10. The maximum absolute atomic E-state index is 5.89. The molecule has 0 aliphatic carbocycles. The predicted molar refractivity (Wildman–Crippen MR) is 80.8 cm³/mol. The number of aliphatic imine (C=N–C) groups is 1. The topological polar surface area (TPSA) is 36.9 Å². The summed E-state index contributed by atoms with van der Waals surface area (Å²) in [6.45, 7) is 3.64. The first kappa shape index (κ1) is 13.9. The molecule has 3 rings (SSSR count). The first-order valence-corrected chi connectivity index (χ1v) is 7.66. The van der Waals surface area contributed by atoms with Gasteiger partial charge in [-0.05, 0) is 56.6 Å². The number of rotatable bonds is 5. The summed E-state index contributed by atoms with van der Waals surface area (Å²) in [6, 6.07) is 7.69. The van der Waals surface area contributed by atoms with Gasteiger partial charge in [0.25, 0.3) is 0 Å². The third-order valence-electron chi connectivity index (χ3n) is 3.81. The molecular weight excluding hydrogens is 274 g/mol. The molecule has 108 valence electrons. The molecule has 0 bridgehead atoms. The van der Waals surface area contributed by atoms with Crippen molar-refractivity contribution in [1.29, 1.82) is 0 Å². The van der Waals surface area contributed by atoms with E-state index < -0.39 is 0 Å². The van der Waals surface area contributed by atoms with E-state index in [4.69, 9.17) is 16.4 Å². The molecule has 1 unspecified atom stereocenters. The number of halogens is 1. The van der Waals surface area contributed by atoms with E-state index in [1.807, 2.05) is 24.3 Å². The van der Waals surface area contributed by atoms with Crippen LogP contribution in [0, 0.1) is 0 Å². The molecule has 0 spiro atoms. The summed E-state index contributed by atoms with van der Waals surface area (Å²) in [5.74, 6) is 0.809. The van der Waals surface area contributed by atoms with Gasteiger partial charge in [-0.2, -0.15) is 0 Å². The fourth-order valence-electron chi connectivity index (χ4n) is 2.68. The highest BCUT2D eigenvalue weighted by atomic mass is 35.5. The van der Waals surface area contributed by atoms with Crippen molar-refractivity contribution in [2.75, 3.05) is 19.6 Å². The summed E-state index contributed by atoms with van der Waals surface area (Å²) in [5.41, 5.74) is 4.03. The minimum Gasteiger partial charge on any atom is -0.391 e. The highest BCUT2D eigenvalue weighted by Gasteiger charge is 2.20. The molecule has 2 aliphatic heterocycles. The van der Waals surface area contributed by atoms with E-state index in [0.717, 1.165) is 35.9 Å². The summed E-state index contributed by atoms with van der Waals surface area (Å²) in [6.07, 6.45) is 4.59. The van der Waals surface area contributed by atoms with Crippen molar-refractivity contribution in [3.63, 3.8) is 0 Å². The zero-order chi connectivity index (χ0) is 13.8. The van der Waals surface area contributed by atoms with Gasteiger partial charge in [0.15, 0.2) is 6.17 Å². The molecule has 4 nitrogen and oxygen atoms in total. The lowest BCUT2D eigenvalue weighted by Gasteiger charge is -2.13. The Labute approximate surface area is 124 Å². The molecule has 0 amide bonds. The number of likely N-dealkylation sites (tertiary alicyclic amines) is 1. The molecule has 5 heteroatoms. The largest absolute Gasteiger partial charge is 0.391 e. The fourth-order valence-corrected chi connectivity index (χ4v) is 2.81. The van der Waals surface area contributed by atoms with Crippen LogP contribution in [0.15, 0.2) is 29.3 Å². The SMILES string of the molecule is Clc1ccc(C2N=C(CCCN3CCCC3)ON2)cc1. The molecule has 0 aromatic heterocycles. The Kier molecular flexibility index (Phi) is 4.55. The van der Waals surface area contributed by atoms with E-state index in [1.165, 1.54) is 25.9 Å².